The smallest absolute Gasteiger partial charge is 0.252 e. The molecule has 1 aliphatic rings. The second kappa shape index (κ2) is 7.67. The number of aliphatic hydroxyl groups is 1. The van der Waals surface area contributed by atoms with Crippen LogP contribution in [0.3, 0.4) is 0 Å². The zero-order valence-corrected chi connectivity index (χ0v) is 13.4. The maximum absolute atomic E-state index is 12.3. The van der Waals surface area contributed by atoms with Gasteiger partial charge < -0.3 is 25.2 Å². The van der Waals surface area contributed by atoms with Crippen LogP contribution in [-0.4, -0.2) is 36.4 Å². The second-order valence-corrected chi connectivity index (χ2v) is 5.48. The van der Waals surface area contributed by atoms with Gasteiger partial charge in [-0.05, 0) is 23.8 Å². The number of carbonyl (C=O) groups excluding carboxylic acids is 2. The van der Waals surface area contributed by atoms with E-state index in [2.05, 4.69) is 10.6 Å². The molecule has 2 aromatic rings. The molecule has 1 heterocycles. The maximum Gasteiger partial charge on any atom is 0.252 e. The lowest BCUT2D eigenvalue weighted by molar-refractivity contribution is -0.124. The molecule has 3 rings (SSSR count). The zero-order chi connectivity index (χ0) is 17.6. The van der Waals surface area contributed by atoms with Crippen molar-refractivity contribution in [2.45, 2.75) is 12.6 Å². The molecule has 0 spiro atoms. The van der Waals surface area contributed by atoms with Gasteiger partial charge in [-0.1, -0.05) is 30.3 Å². The van der Waals surface area contributed by atoms with Gasteiger partial charge in [0.15, 0.2) is 11.5 Å². The van der Waals surface area contributed by atoms with Gasteiger partial charge in [0.1, 0.15) is 6.04 Å². The fourth-order valence-electron chi connectivity index (χ4n) is 2.38. The Kier molecular flexibility index (Phi) is 5.15. The molecule has 25 heavy (non-hydrogen) atoms. The minimum absolute atomic E-state index is 0.113. The van der Waals surface area contributed by atoms with Crippen LogP contribution < -0.4 is 20.1 Å². The van der Waals surface area contributed by atoms with Crippen molar-refractivity contribution in [3.8, 4) is 11.5 Å². The summed E-state index contributed by atoms with van der Waals surface area (Å²) >= 11 is 0. The van der Waals surface area contributed by atoms with E-state index in [0.717, 1.165) is 5.56 Å². The summed E-state index contributed by atoms with van der Waals surface area (Å²) in [4.78, 5) is 24.5. The number of fused-ring (bicyclic) bond motifs is 1. The Hall–Kier alpha value is -3.06. The Bertz CT molecular complexity index is 763. The standard InChI is InChI=1S/C18H18N2O5/c21-10-14(18(23)19-9-12-4-2-1-3-5-12)20-17(22)13-6-7-15-16(8-13)25-11-24-15/h1-8,14,21H,9-11H2,(H,19,23)(H,20,22)/t14-/m0/s1. The number of rotatable bonds is 6. The Morgan fingerprint density at radius 1 is 1.08 bits per heavy atom. The zero-order valence-electron chi connectivity index (χ0n) is 13.4. The number of amides is 2. The monoisotopic (exact) mass is 342 g/mol. The molecule has 3 N–H and O–H groups in total. The number of carbonyl (C=O) groups is 2. The van der Waals surface area contributed by atoms with Crippen LogP contribution in [0.4, 0.5) is 0 Å². The molecule has 0 aliphatic carbocycles. The fourth-order valence-corrected chi connectivity index (χ4v) is 2.38. The van der Waals surface area contributed by atoms with Crippen molar-refractivity contribution in [3.05, 3.63) is 59.7 Å². The van der Waals surface area contributed by atoms with Crippen molar-refractivity contribution >= 4 is 11.8 Å². The van der Waals surface area contributed by atoms with Crippen molar-refractivity contribution in [1.29, 1.82) is 0 Å². The van der Waals surface area contributed by atoms with E-state index in [4.69, 9.17) is 9.47 Å². The Morgan fingerprint density at radius 3 is 2.60 bits per heavy atom. The van der Waals surface area contributed by atoms with Crippen LogP contribution in [-0.2, 0) is 11.3 Å². The van der Waals surface area contributed by atoms with Crippen LogP contribution in [0, 0.1) is 0 Å². The largest absolute Gasteiger partial charge is 0.454 e. The van der Waals surface area contributed by atoms with Gasteiger partial charge in [0.05, 0.1) is 6.61 Å². The number of nitrogens with one attached hydrogen (secondary N) is 2. The predicted octanol–water partition coefficient (Wildman–Crippen LogP) is 0.822. The summed E-state index contributed by atoms with van der Waals surface area (Å²) in [6.45, 7) is -0.0749. The molecule has 0 saturated heterocycles. The summed E-state index contributed by atoms with van der Waals surface area (Å²) in [6.07, 6.45) is 0. The number of hydrogen-bond donors (Lipinski definition) is 3. The third-order valence-electron chi connectivity index (χ3n) is 3.75. The SMILES string of the molecule is O=C(N[C@@H](CO)C(=O)NCc1ccccc1)c1ccc2c(c1)OCO2. The first-order valence-electron chi connectivity index (χ1n) is 7.80. The topological polar surface area (TPSA) is 96.9 Å². The van der Waals surface area contributed by atoms with Crippen LogP contribution >= 0.6 is 0 Å². The summed E-state index contributed by atoms with van der Waals surface area (Å²) in [5.41, 5.74) is 1.24. The molecule has 2 amide bonds. The molecular formula is C18H18N2O5. The van der Waals surface area contributed by atoms with E-state index in [1.807, 2.05) is 30.3 Å². The first kappa shape index (κ1) is 16.8. The maximum atomic E-state index is 12.3. The summed E-state index contributed by atoms with van der Waals surface area (Å²) in [7, 11) is 0. The van der Waals surface area contributed by atoms with Gasteiger partial charge in [-0.3, -0.25) is 9.59 Å². The third-order valence-corrected chi connectivity index (χ3v) is 3.75. The highest BCUT2D eigenvalue weighted by Crippen LogP contribution is 2.32. The van der Waals surface area contributed by atoms with Gasteiger partial charge in [0.2, 0.25) is 12.7 Å². The van der Waals surface area contributed by atoms with Crippen molar-refractivity contribution < 1.29 is 24.2 Å². The van der Waals surface area contributed by atoms with Gasteiger partial charge in [-0.25, -0.2) is 0 Å². The molecule has 0 unspecified atom stereocenters. The van der Waals surface area contributed by atoms with Gasteiger partial charge >= 0.3 is 0 Å². The van der Waals surface area contributed by atoms with Crippen LogP contribution in [0.25, 0.3) is 0 Å². The van der Waals surface area contributed by atoms with Crippen molar-refractivity contribution in [2.75, 3.05) is 13.4 Å². The van der Waals surface area contributed by atoms with Crippen molar-refractivity contribution in [2.24, 2.45) is 0 Å². The molecule has 1 atom stereocenters. The Balaban J connectivity index is 1.59. The number of aliphatic hydroxyl groups excluding tert-OH is 1. The average molecular weight is 342 g/mol. The van der Waals surface area contributed by atoms with E-state index in [1.54, 1.807) is 12.1 Å². The van der Waals surface area contributed by atoms with Gasteiger partial charge in [0.25, 0.3) is 5.91 Å². The summed E-state index contributed by atoms with van der Waals surface area (Å²) in [5.74, 6) is 0.102. The quantitative estimate of drug-likeness (QED) is 0.722. The van der Waals surface area contributed by atoms with Gasteiger partial charge in [-0.2, -0.15) is 0 Å². The molecule has 1 aliphatic heterocycles. The lowest BCUT2D eigenvalue weighted by Crippen LogP contribution is -2.48. The van der Waals surface area contributed by atoms with Crippen LogP contribution in [0.15, 0.2) is 48.5 Å². The molecule has 0 saturated carbocycles. The Morgan fingerprint density at radius 2 is 1.84 bits per heavy atom. The lowest BCUT2D eigenvalue weighted by atomic mass is 10.1. The molecular weight excluding hydrogens is 324 g/mol. The molecule has 2 aromatic carbocycles. The van der Waals surface area contributed by atoms with Crippen LogP contribution in [0.5, 0.6) is 11.5 Å². The number of hydrogen-bond acceptors (Lipinski definition) is 5. The molecule has 7 heteroatoms. The molecule has 0 bridgehead atoms. The van der Waals surface area contributed by atoms with E-state index >= 15 is 0 Å². The molecule has 130 valence electrons. The number of benzene rings is 2. The van der Waals surface area contributed by atoms with E-state index < -0.39 is 24.5 Å². The van der Waals surface area contributed by atoms with Crippen molar-refractivity contribution in [1.82, 2.24) is 10.6 Å². The van der Waals surface area contributed by atoms with Crippen LogP contribution in [0.1, 0.15) is 15.9 Å². The average Bonchev–Trinajstić information content (AvgIpc) is 3.12. The highest BCUT2D eigenvalue weighted by molar-refractivity contribution is 5.98. The Labute approximate surface area is 144 Å². The molecule has 7 nitrogen and oxygen atoms in total. The highest BCUT2D eigenvalue weighted by atomic mass is 16.7. The highest BCUT2D eigenvalue weighted by Gasteiger charge is 2.22. The first-order valence-corrected chi connectivity index (χ1v) is 7.80. The van der Waals surface area contributed by atoms with E-state index in [0.29, 0.717) is 23.6 Å². The summed E-state index contributed by atoms with van der Waals surface area (Å²) in [5, 5.41) is 14.6. The van der Waals surface area contributed by atoms with Gasteiger partial charge in [0, 0.05) is 12.1 Å². The van der Waals surface area contributed by atoms with Crippen LogP contribution in [0.2, 0.25) is 0 Å². The normalized spacial score (nSPS) is 13.2. The minimum Gasteiger partial charge on any atom is -0.454 e. The minimum atomic E-state index is -1.04. The molecule has 0 aromatic heterocycles. The third kappa shape index (κ3) is 4.07. The number of ether oxygens (including phenoxy) is 2. The van der Waals surface area contributed by atoms with Crippen molar-refractivity contribution in [3.63, 3.8) is 0 Å². The predicted molar refractivity (Wildman–Crippen MR) is 89.2 cm³/mol. The van der Waals surface area contributed by atoms with E-state index in [9.17, 15) is 14.7 Å². The summed E-state index contributed by atoms with van der Waals surface area (Å²) < 4.78 is 10.4. The lowest BCUT2D eigenvalue weighted by Gasteiger charge is -2.16. The van der Waals surface area contributed by atoms with E-state index in [-0.39, 0.29) is 6.79 Å². The van der Waals surface area contributed by atoms with Gasteiger partial charge in [-0.15, -0.1) is 0 Å². The van der Waals surface area contributed by atoms with E-state index in [1.165, 1.54) is 6.07 Å². The molecule has 0 radical (unpaired) electrons. The first-order chi connectivity index (χ1) is 12.2. The fraction of sp³-hybridized carbons (Fsp3) is 0.222. The summed E-state index contributed by atoms with van der Waals surface area (Å²) in [6, 6.07) is 13.1. The molecule has 0 fully saturated rings. The second-order valence-electron chi connectivity index (χ2n) is 5.48.